The molecule has 8 nitrogen and oxygen atoms in total. The summed E-state index contributed by atoms with van der Waals surface area (Å²) in [6.45, 7) is 3.34. The summed E-state index contributed by atoms with van der Waals surface area (Å²) in [5, 5.41) is 3.41. The second kappa shape index (κ2) is 12.4. The number of rotatable bonds is 9. The molecule has 0 radical (unpaired) electrons. The predicted octanol–water partition coefficient (Wildman–Crippen LogP) is 4.80. The minimum atomic E-state index is -1.40. The van der Waals surface area contributed by atoms with Crippen molar-refractivity contribution in [3.63, 3.8) is 0 Å². The summed E-state index contributed by atoms with van der Waals surface area (Å²) in [6, 6.07) is 15.7. The largest absolute Gasteiger partial charge is 0.493 e. The molecule has 0 saturated carbocycles. The molecule has 0 aromatic heterocycles. The third kappa shape index (κ3) is 4.85. The van der Waals surface area contributed by atoms with Gasteiger partial charge in [-0.05, 0) is 61.1 Å². The first-order chi connectivity index (χ1) is 21.2. The third-order valence-corrected chi connectivity index (χ3v) is 9.72. The minimum absolute atomic E-state index is 0.131. The normalized spacial score (nSPS) is 25.0. The molecule has 2 heterocycles. The average molecular weight is 608 g/mol. The molecule has 3 aromatic carbocycles. The number of piperidine rings is 1. The molecule has 0 spiro atoms. The van der Waals surface area contributed by atoms with Gasteiger partial charge in [0.15, 0.2) is 11.5 Å². The van der Waals surface area contributed by atoms with Gasteiger partial charge in [0.1, 0.15) is 11.6 Å². The Bertz CT molecular complexity index is 1510. The standard InChI is InChI=1S/C34H39F2N3O5/c1-5-34(23-13-15-38-20-23)30(25-12-11-24(35)19-26(25)36)33(32(37)41,22-9-7-6-8-10-22)14-16-39(34)31(40)21-17-27(42-2)29(44-4)28(18-21)43-3/h6-12,17-19,23,30,38H,5,13-16,20H2,1-4H3,(H2,37,41). The highest BCUT2D eigenvalue weighted by Gasteiger charge is 2.64. The predicted molar refractivity (Wildman–Crippen MR) is 162 cm³/mol. The molecule has 0 aliphatic carbocycles. The van der Waals surface area contributed by atoms with Gasteiger partial charge in [0, 0.05) is 30.6 Å². The smallest absolute Gasteiger partial charge is 0.254 e. The highest BCUT2D eigenvalue weighted by Crippen LogP contribution is 2.59. The van der Waals surface area contributed by atoms with Crippen LogP contribution < -0.4 is 25.3 Å². The molecule has 2 aliphatic heterocycles. The Morgan fingerprint density at radius 1 is 1.00 bits per heavy atom. The number of benzene rings is 3. The van der Waals surface area contributed by atoms with Gasteiger partial charge in [-0.25, -0.2) is 8.78 Å². The summed E-state index contributed by atoms with van der Waals surface area (Å²) in [5.41, 5.74) is 4.91. The third-order valence-electron chi connectivity index (χ3n) is 9.72. The van der Waals surface area contributed by atoms with Crippen LogP contribution in [0.1, 0.15) is 53.6 Å². The Morgan fingerprint density at radius 3 is 2.20 bits per heavy atom. The van der Waals surface area contributed by atoms with E-state index in [1.807, 2.05) is 37.3 Å². The zero-order valence-corrected chi connectivity index (χ0v) is 25.5. The minimum Gasteiger partial charge on any atom is -0.493 e. The van der Waals surface area contributed by atoms with Crippen LogP contribution in [0.2, 0.25) is 0 Å². The number of methoxy groups -OCH3 is 3. The van der Waals surface area contributed by atoms with Gasteiger partial charge in [0.05, 0.1) is 32.3 Å². The molecule has 234 valence electrons. The first kappa shape index (κ1) is 31.3. The van der Waals surface area contributed by atoms with E-state index < -0.39 is 34.4 Å². The molecular formula is C34H39F2N3O5. The number of hydrogen-bond donors (Lipinski definition) is 2. The average Bonchev–Trinajstić information content (AvgIpc) is 3.59. The van der Waals surface area contributed by atoms with Gasteiger partial charge in [-0.1, -0.05) is 43.3 Å². The van der Waals surface area contributed by atoms with Crippen LogP contribution in [-0.2, 0) is 10.2 Å². The van der Waals surface area contributed by atoms with Crippen LogP contribution in [0.3, 0.4) is 0 Å². The number of ether oxygens (including phenoxy) is 3. The lowest BCUT2D eigenvalue weighted by Gasteiger charge is -2.61. The second-order valence-corrected chi connectivity index (χ2v) is 11.5. The van der Waals surface area contributed by atoms with Crippen molar-refractivity contribution in [1.29, 1.82) is 0 Å². The van der Waals surface area contributed by atoms with Crippen molar-refractivity contribution in [2.75, 3.05) is 41.0 Å². The van der Waals surface area contributed by atoms with Crippen LogP contribution in [0.4, 0.5) is 8.78 Å². The number of primary amides is 1. The zero-order valence-electron chi connectivity index (χ0n) is 25.5. The van der Waals surface area contributed by atoms with Crippen LogP contribution in [0.15, 0.2) is 60.7 Å². The highest BCUT2D eigenvalue weighted by molar-refractivity contribution is 5.97. The maximum Gasteiger partial charge on any atom is 0.254 e. The van der Waals surface area contributed by atoms with Crippen LogP contribution in [-0.4, -0.2) is 63.2 Å². The molecule has 3 N–H and O–H groups in total. The van der Waals surface area contributed by atoms with Gasteiger partial charge in [-0.3, -0.25) is 9.59 Å². The summed E-state index contributed by atoms with van der Waals surface area (Å²) in [4.78, 5) is 30.5. The lowest BCUT2D eigenvalue weighted by atomic mass is 9.51. The molecule has 4 atom stereocenters. The summed E-state index contributed by atoms with van der Waals surface area (Å²) in [5.74, 6) is -2.64. The molecule has 2 fully saturated rings. The Morgan fingerprint density at radius 2 is 1.68 bits per heavy atom. The molecule has 0 bridgehead atoms. The van der Waals surface area contributed by atoms with Gasteiger partial charge in [0.25, 0.3) is 5.91 Å². The Balaban J connectivity index is 1.82. The van der Waals surface area contributed by atoms with Gasteiger partial charge in [-0.2, -0.15) is 0 Å². The topological polar surface area (TPSA) is 103 Å². The maximum atomic E-state index is 16.1. The Kier molecular flexibility index (Phi) is 8.83. The summed E-state index contributed by atoms with van der Waals surface area (Å²) >= 11 is 0. The SMILES string of the molecule is CCC1(C2CCNC2)C(c2ccc(F)cc2F)C(C(N)=O)(c2ccccc2)CCN1C(=O)c1cc(OC)c(OC)c(OC)c1. The number of amides is 2. The van der Waals surface area contributed by atoms with Crippen molar-refractivity contribution in [2.45, 2.75) is 43.1 Å². The first-order valence-corrected chi connectivity index (χ1v) is 14.8. The molecule has 10 heteroatoms. The monoisotopic (exact) mass is 607 g/mol. The molecule has 2 amide bonds. The van der Waals surface area contributed by atoms with Crippen LogP contribution in [0.5, 0.6) is 17.2 Å². The van der Waals surface area contributed by atoms with Crippen molar-refractivity contribution in [1.82, 2.24) is 10.2 Å². The molecule has 5 rings (SSSR count). The van der Waals surface area contributed by atoms with Crippen LogP contribution in [0, 0.1) is 17.6 Å². The van der Waals surface area contributed by atoms with E-state index in [0.717, 1.165) is 6.07 Å². The van der Waals surface area contributed by atoms with E-state index in [1.54, 1.807) is 17.0 Å². The molecule has 4 unspecified atom stereocenters. The van der Waals surface area contributed by atoms with E-state index >= 15 is 4.39 Å². The molecule has 44 heavy (non-hydrogen) atoms. The summed E-state index contributed by atoms with van der Waals surface area (Å²) in [6.07, 6.45) is 1.18. The second-order valence-electron chi connectivity index (χ2n) is 11.5. The Labute approximate surface area is 256 Å². The number of carbonyl (C=O) groups is 2. The van der Waals surface area contributed by atoms with E-state index in [1.165, 1.54) is 33.5 Å². The lowest BCUT2D eigenvalue weighted by Crippen LogP contribution is -2.70. The highest BCUT2D eigenvalue weighted by atomic mass is 19.1. The van der Waals surface area contributed by atoms with Crippen molar-refractivity contribution in [3.05, 3.63) is 89.0 Å². The van der Waals surface area contributed by atoms with Crippen LogP contribution >= 0.6 is 0 Å². The number of nitrogens with one attached hydrogen (secondary N) is 1. The molecular weight excluding hydrogens is 568 g/mol. The van der Waals surface area contributed by atoms with Gasteiger partial charge in [0.2, 0.25) is 11.7 Å². The first-order valence-electron chi connectivity index (χ1n) is 14.8. The lowest BCUT2D eigenvalue weighted by molar-refractivity contribution is -0.131. The zero-order chi connectivity index (χ0) is 31.6. The van der Waals surface area contributed by atoms with E-state index in [-0.39, 0.29) is 35.9 Å². The molecule has 2 aliphatic rings. The number of hydrogen-bond acceptors (Lipinski definition) is 6. The van der Waals surface area contributed by atoms with Crippen molar-refractivity contribution < 1.29 is 32.6 Å². The Hall–Kier alpha value is -4.18. The van der Waals surface area contributed by atoms with Crippen LogP contribution in [0.25, 0.3) is 0 Å². The quantitative estimate of drug-likeness (QED) is 0.362. The fourth-order valence-corrected chi connectivity index (χ4v) is 7.82. The van der Waals surface area contributed by atoms with Crippen molar-refractivity contribution in [3.8, 4) is 17.2 Å². The molecule has 2 saturated heterocycles. The number of nitrogens with two attached hydrogens (primary N) is 1. The number of carbonyl (C=O) groups excluding carboxylic acids is 2. The fraction of sp³-hybridized carbons (Fsp3) is 0.412. The number of likely N-dealkylation sites (tertiary alicyclic amines) is 1. The van der Waals surface area contributed by atoms with E-state index in [0.29, 0.717) is 48.7 Å². The van der Waals surface area contributed by atoms with E-state index in [4.69, 9.17) is 19.9 Å². The number of nitrogens with zero attached hydrogens (tertiary/aromatic N) is 1. The van der Waals surface area contributed by atoms with Gasteiger partial charge < -0.3 is 30.2 Å². The van der Waals surface area contributed by atoms with E-state index in [9.17, 15) is 14.0 Å². The van der Waals surface area contributed by atoms with Gasteiger partial charge in [-0.15, -0.1) is 0 Å². The summed E-state index contributed by atoms with van der Waals surface area (Å²) < 4.78 is 47.0. The fourth-order valence-electron chi connectivity index (χ4n) is 7.82. The molecule has 3 aromatic rings. The van der Waals surface area contributed by atoms with Crippen molar-refractivity contribution in [2.24, 2.45) is 11.7 Å². The maximum absolute atomic E-state index is 16.1. The number of halogens is 2. The van der Waals surface area contributed by atoms with E-state index in [2.05, 4.69) is 5.32 Å². The van der Waals surface area contributed by atoms with Crippen molar-refractivity contribution >= 4 is 11.8 Å². The summed E-state index contributed by atoms with van der Waals surface area (Å²) in [7, 11) is 4.43. The van der Waals surface area contributed by atoms with Gasteiger partial charge >= 0.3 is 0 Å².